The minimum absolute atomic E-state index is 0.145. The predicted molar refractivity (Wildman–Crippen MR) is 75.2 cm³/mol. The molecule has 0 aromatic heterocycles. The van der Waals surface area contributed by atoms with Gasteiger partial charge in [0, 0.05) is 18.8 Å². The number of halogens is 1. The number of nitrogens with two attached hydrogens (primary N) is 1. The van der Waals surface area contributed by atoms with Crippen molar-refractivity contribution in [3.8, 4) is 0 Å². The molecule has 114 valence electrons. The van der Waals surface area contributed by atoms with Crippen LogP contribution in [0.3, 0.4) is 0 Å². The highest BCUT2D eigenvalue weighted by atomic mass is 32.2. The number of nitrogens with one attached hydrogen (secondary N) is 1. The maximum Gasteiger partial charge on any atom is 0.243 e. The largest absolute Gasteiger partial charge is 0.399 e. The Bertz CT molecular complexity index is 573. The highest BCUT2D eigenvalue weighted by Gasteiger charge is 2.26. The van der Waals surface area contributed by atoms with E-state index in [0.717, 1.165) is 12.1 Å². The molecular formula is C12H20FN3O3S. The molecule has 0 aliphatic carbocycles. The Morgan fingerprint density at radius 1 is 1.45 bits per heavy atom. The van der Waals surface area contributed by atoms with Crippen LogP contribution in [0.4, 0.5) is 10.1 Å². The van der Waals surface area contributed by atoms with Crippen molar-refractivity contribution in [2.45, 2.75) is 17.4 Å². The van der Waals surface area contributed by atoms with Crippen LogP contribution in [0.15, 0.2) is 23.1 Å². The van der Waals surface area contributed by atoms with E-state index in [1.807, 2.05) is 0 Å². The Morgan fingerprint density at radius 3 is 2.60 bits per heavy atom. The Labute approximate surface area is 118 Å². The summed E-state index contributed by atoms with van der Waals surface area (Å²) in [5.74, 6) is -0.890. The van der Waals surface area contributed by atoms with Crippen LogP contribution in [0.25, 0.3) is 0 Å². The molecule has 0 spiro atoms. The second-order valence-electron chi connectivity index (χ2n) is 5.25. The van der Waals surface area contributed by atoms with Crippen molar-refractivity contribution < 1.29 is 17.9 Å². The van der Waals surface area contributed by atoms with Crippen LogP contribution in [0, 0.1) is 5.82 Å². The van der Waals surface area contributed by atoms with E-state index in [0.29, 0.717) is 0 Å². The Hall–Kier alpha value is -1.22. The molecular weight excluding hydrogens is 285 g/mol. The molecule has 1 aromatic rings. The van der Waals surface area contributed by atoms with Crippen molar-refractivity contribution in [2.75, 3.05) is 32.9 Å². The molecule has 1 aromatic carbocycles. The Balaban J connectivity index is 2.88. The normalized spacial score (nSPS) is 15.3. The molecule has 0 saturated heterocycles. The summed E-state index contributed by atoms with van der Waals surface area (Å²) < 4.78 is 39.8. The van der Waals surface area contributed by atoms with Crippen LogP contribution in [-0.2, 0) is 10.0 Å². The van der Waals surface area contributed by atoms with Gasteiger partial charge in [0.15, 0.2) is 0 Å². The topological polar surface area (TPSA) is 95.7 Å². The van der Waals surface area contributed by atoms with E-state index in [-0.39, 0.29) is 18.8 Å². The van der Waals surface area contributed by atoms with E-state index in [2.05, 4.69) is 4.72 Å². The molecule has 8 heteroatoms. The predicted octanol–water partition coefficient (Wildman–Crippen LogP) is -0.00120. The Morgan fingerprint density at radius 2 is 2.05 bits per heavy atom. The molecule has 0 amide bonds. The fraction of sp³-hybridized carbons (Fsp3) is 0.500. The molecule has 1 unspecified atom stereocenters. The second kappa shape index (κ2) is 6.04. The highest BCUT2D eigenvalue weighted by Crippen LogP contribution is 2.18. The smallest absolute Gasteiger partial charge is 0.243 e. The average Bonchev–Trinajstić information content (AvgIpc) is 2.28. The van der Waals surface area contributed by atoms with Gasteiger partial charge in [0.1, 0.15) is 10.7 Å². The third-order valence-electron chi connectivity index (χ3n) is 2.54. The lowest BCUT2D eigenvalue weighted by Gasteiger charge is -2.27. The second-order valence-corrected chi connectivity index (χ2v) is 6.98. The number of nitrogen functional groups attached to an aromatic ring is 1. The molecule has 4 N–H and O–H groups in total. The molecule has 0 saturated carbocycles. The number of benzene rings is 1. The van der Waals surface area contributed by atoms with Crippen LogP contribution in [-0.4, -0.2) is 51.2 Å². The first kappa shape index (κ1) is 16.8. The summed E-state index contributed by atoms with van der Waals surface area (Å²) in [6, 6.07) is 3.30. The molecule has 0 aliphatic heterocycles. The van der Waals surface area contributed by atoms with Gasteiger partial charge < -0.3 is 15.7 Å². The summed E-state index contributed by atoms with van der Waals surface area (Å²) >= 11 is 0. The first-order chi connectivity index (χ1) is 9.03. The maximum atomic E-state index is 13.5. The molecule has 1 atom stereocenters. The number of nitrogens with zero attached hydrogens (tertiary/aromatic N) is 1. The number of hydrogen-bond donors (Lipinski definition) is 3. The van der Waals surface area contributed by atoms with Crippen LogP contribution in [0.5, 0.6) is 0 Å². The molecule has 0 aliphatic rings. The lowest BCUT2D eigenvalue weighted by molar-refractivity contribution is 0.0386. The van der Waals surface area contributed by atoms with E-state index in [9.17, 15) is 17.9 Å². The lowest BCUT2D eigenvalue weighted by Crippen LogP contribution is -2.47. The van der Waals surface area contributed by atoms with Crippen molar-refractivity contribution in [2.24, 2.45) is 0 Å². The zero-order valence-corrected chi connectivity index (χ0v) is 12.5. The van der Waals surface area contributed by atoms with Crippen molar-refractivity contribution in [3.63, 3.8) is 0 Å². The molecule has 0 bridgehead atoms. The van der Waals surface area contributed by atoms with E-state index >= 15 is 0 Å². The van der Waals surface area contributed by atoms with Gasteiger partial charge in [-0.2, -0.15) is 0 Å². The van der Waals surface area contributed by atoms with Gasteiger partial charge in [-0.1, -0.05) is 0 Å². The number of aliphatic hydroxyl groups is 1. The number of anilines is 1. The summed E-state index contributed by atoms with van der Waals surface area (Å²) in [5.41, 5.74) is 4.33. The highest BCUT2D eigenvalue weighted by molar-refractivity contribution is 7.89. The number of rotatable bonds is 6. The third kappa shape index (κ3) is 4.71. The fourth-order valence-electron chi connectivity index (χ4n) is 1.79. The van der Waals surface area contributed by atoms with E-state index in [4.69, 9.17) is 5.73 Å². The van der Waals surface area contributed by atoms with Gasteiger partial charge in [-0.15, -0.1) is 0 Å². The maximum absolute atomic E-state index is 13.5. The van der Waals surface area contributed by atoms with Gasteiger partial charge in [0.2, 0.25) is 10.0 Å². The van der Waals surface area contributed by atoms with Crippen LogP contribution >= 0.6 is 0 Å². The van der Waals surface area contributed by atoms with Gasteiger partial charge in [-0.05, 0) is 39.2 Å². The van der Waals surface area contributed by atoms with E-state index in [1.165, 1.54) is 13.0 Å². The van der Waals surface area contributed by atoms with Gasteiger partial charge >= 0.3 is 0 Å². The SMILES string of the molecule is CN(C)CC(C)(O)CNS(=O)(=O)c1cc(N)ccc1F. The fourth-order valence-corrected chi connectivity index (χ4v) is 3.06. The summed E-state index contributed by atoms with van der Waals surface area (Å²) in [6.07, 6.45) is 0. The summed E-state index contributed by atoms with van der Waals surface area (Å²) in [6.45, 7) is 1.52. The monoisotopic (exact) mass is 305 g/mol. The number of sulfonamides is 1. The van der Waals surface area contributed by atoms with Gasteiger partial charge in [-0.25, -0.2) is 17.5 Å². The molecule has 20 heavy (non-hydrogen) atoms. The number of likely N-dealkylation sites (N-methyl/N-ethyl adjacent to an activating group) is 1. The van der Waals surface area contributed by atoms with Gasteiger partial charge in [0.05, 0.1) is 5.60 Å². The van der Waals surface area contributed by atoms with E-state index in [1.54, 1.807) is 19.0 Å². The first-order valence-electron chi connectivity index (χ1n) is 5.95. The van der Waals surface area contributed by atoms with Crippen LogP contribution < -0.4 is 10.5 Å². The summed E-state index contributed by atoms with van der Waals surface area (Å²) in [7, 11) is -0.565. The van der Waals surface area contributed by atoms with Crippen molar-refractivity contribution in [1.82, 2.24) is 9.62 Å². The van der Waals surface area contributed by atoms with Crippen molar-refractivity contribution >= 4 is 15.7 Å². The minimum Gasteiger partial charge on any atom is -0.399 e. The average molecular weight is 305 g/mol. The molecule has 0 fully saturated rings. The quantitative estimate of drug-likeness (QED) is 0.643. The van der Waals surface area contributed by atoms with Crippen molar-refractivity contribution in [3.05, 3.63) is 24.0 Å². The molecule has 6 nitrogen and oxygen atoms in total. The van der Waals surface area contributed by atoms with Crippen LogP contribution in [0.2, 0.25) is 0 Å². The zero-order chi connectivity index (χ0) is 15.6. The third-order valence-corrected chi connectivity index (χ3v) is 3.96. The van der Waals surface area contributed by atoms with Gasteiger partial charge in [0.25, 0.3) is 0 Å². The lowest BCUT2D eigenvalue weighted by atomic mass is 10.1. The number of hydrogen-bond acceptors (Lipinski definition) is 5. The molecule has 1 rings (SSSR count). The first-order valence-corrected chi connectivity index (χ1v) is 7.44. The van der Waals surface area contributed by atoms with Crippen LogP contribution in [0.1, 0.15) is 6.92 Å². The Kier molecular flexibility index (Phi) is 5.09. The summed E-state index contributed by atoms with van der Waals surface area (Å²) in [4.78, 5) is 1.19. The summed E-state index contributed by atoms with van der Waals surface area (Å²) in [5, 5.41) is 10.0. The molecule has 0 radical (unpaired) electrons. The minimum atomic E-state index is -4.07. The molecule has 0 heterocycles. The van der Waals surface area contributed by atoms with E-state index < -0.39 is 26.3 Å². The standard InChI is InChI=1S/C12H20FN3O3S/c1-12(17,8-16(2)3)7-15-20(18,19)11-6-9(14)4-5-10(11)13/h4-6,15,17H,7-8,14H2,1-3H3. The van der Waals surface area contributed by atoms with Gasteiger partial charge in [-0.3, -0.25) is 0 Å². The zero-order valence-electron chi connectivity index (χ0n) is 11.7. The van der Waals surface area contributed by atoms with Crippen molar-refractivity contribution in [1.29, 1.82) is 0 Å².